The van der Waals surface area contributed by atoms with E-state index in [0.717, 1.165) is 36.4 Å². The van der Waals surface area contributed by atoms with E-state index in [1.807, 2.05) is 0 Å². The van der Waals surface area contributed by atoms with Crippen molar-refractivity contribution < 1.29 is 37.5 Å². The molecule has 4 amide bonds. The average Bonchev–Trinajstić information content (AvgIpc) is 3.80. The highest BCUT2D eigenvalue weighted by Gasteiger charge is 2.49. The van der Waals surface area contributed by atoms with Crippen LogP contribution in [0.3, 0.4) is 0 Å². The molecule has 0 bridgehead atoms. The zero-order valence-electron chi connectivity index (χ0n) is 30.6. The SMILES string of the molecule is CN(C)S(=O)(=O)c1ccc(C(=O)N[C@H](CC2CCCCC2)C(=O)N2C[C@@H](n3nncc3C(C)(C)O)C[C@H]2C(=O)NC2(C(=O)C(N)=O)CCSCC2)cc1. The summed E-state index contributed by atoms with van der Waals surface area (Å²) in [7, 11) is -0.917. The fourth-order valence-corrected chi connectivity index (χ4v) is 9.62. The van der Waals surface area contributed by atoms with Gasteiger partial charge in [-0.1, -0.05) is 37.3 Å². The van der Waals surface area contributed by atoms with E-state index in [0.29, 0.717) is 23.6 Å². The van der Waals surface area contributed by atoms with Gasteiger partial charge in [0.2, 0.25) is 27.6 Å². The van der Waals surface area contributed by atoms with Crippen molar-refractivity contribution in [1.29, 1.82) is 0 Å². The number of Topliss-reactive ketones (excluding diaryl/α,β-unsaturated/α-hetero) is 1. The highest BCUT2D eigenvalue weighted by molar-refractivity contribution is 7.99. The van der Waals surface area contributed by atoms with E-state index < -0.39 is 68.7 Å². The average molecular weight is 775 g/mol. The summed E-state index contributed by atoms with van der Waals surface area (Å²) < 4.78 is 27.8. The maximum absolute atomic E-state index is 14.8. The first-order valence-electron chi connectivity index (χ1n) is 18.0. The second kappa shape index (κ2) is 16.2. The van der Waals surface area contributed by atoms with Crippen LogP contribution in [0.15, 0.2) is 35.4 Å². The van der Waals surface area contributed by atoms with Crippen LogP contribution in [-0.4, -0.2) is 117 Å². The summed E-state index contributed by atoms with van der Waals surface area (Å²) in [4.78, 5) is 69.5. The quantitative estimate of drug-likeness (QED) is 0.211. The van der Waals surface area contributed by atoms with Gasteiger partial charge in [0, 0.05) is 32.6 Å². The predicted molar refractivity (Wildman–Crippen MR) is 196 cm³/mol. The van der Waals surface area contributed by atoms with Crippen molar-refractivity contribution in [1.82, 2.24) is 34.8 Å². The molecule has 3 heterocycles. The zero-order valence-corrected chi connectivity index (χ0v) is 32.2. The van der Waals surface area contributed by atoms with Crippen LogP contribution in [0.25, 0.3) is 0 Å². The van der Waals surface area contributed by atoms with Crippen molar-refractivity contribution in [2.24, 2.45) is 11.7 Å². The zero-order chi connectivity index (χ0) is 38.7. The molecule has 2 saturated heterocycles. The number of rotatable bonds is 13. The molecule has 2 aliphatic heterocycles. The number of carbonyl (C=O) groups is 5. The lowest BCUT2D eigenvalue weighted by atomic mass is 9.84. The molecule has 2 aromatic rings. The van der Waals surface area contributed by atoms with Crippen LogP contribution in [0.2, 0.25) is 0 Å². The molecule has 5 rings (SSSR count). The lowest BCUT2D eigenvalue weighted by molar-refractivity contribution is -0.145. The molecule has 0 radical (unpaired) electrons. The van der Waals surface area contributed by atoms with E-state index in [2.05, 4.69) is 20.9 Å². The van der Waals surface area contributed by atoms with Crippen LogP contribution in [0.4, 0.5) is 0 Å². The molecule has 1 aromatic carbocycles. The Morgan fingerprint density at radius 2 is 1.72 bits per heavy atom. The normalized spacial score (nSPS) is 21.6. The second-order valence-corrected chi connectivity index (χ2v) is 18.4. The number of primary amides is 1. The lowest BCUT2D eigenvalue weighted by Crippen LogP contribution is -2.63. The van der Waals surface area contributed by atoms with Crippen LogP contribution in [0.5, 0.6) is 0 Å². The third kappa shape index (κ3) is 8.92. The third-order valence-electron chi connectivity index (χ3n) is 10.6. The summed E-state index contributed by atoms with van der Waals surface area (Å²) in [5.41, 5.74) is 3.09. The van der Waals surface area contributed by atoms with Gasteiger partial charge < -0.3 is 26.4 Å². The number of sulfonamides is 1. The molecule has 1 saturated carbocycles. The summed E-state index contributed by atoms with van der Waals surface area (Å²) in [6.07, 6.45) is 6.94. The van der Waals surface area contributed by atoms with E-state index in [1.165, 1.54) is 54.1 Å². The monoisotopic (exact) mass is 774 g/mol. The number of nitrogens with one attached hydrogen (secondary N) is 2. The van der Waals surface area contributed by atoms with Gasteiger partial charge in [0.05, 0.1) is 22.8 Å². The Morgan fingerprint density at radius 3 is 2.30 bits per heavy atom. The molecular formula is C35H50N8O8S2. The van der Waals surface area contributed by atoms with Gasteiger partial charge in [-0.3, -0.25) is 24.0 Å². The third-order valence-corrected chi connectivity index (χ3v) is 13.4. The standard InChI is InChI=1S/C35H50N8O8S2/c1-34(2,49)28-20-37-40-43(28)24-19-27(32(47)39-35(29(44)30(36)45)14-16-52-17-15-35)42(21-24)33(48)26(18-22-8-6-5-7-9-22)38-31(46)23-10-12-25(13-11-23)53(50,51)41(3)4/h10-13,20,22,24,26-27,49H,5-9,14-19,21H2,1-4H3,(H2,36,45)(H,38,46)(H,39,47)/t24-,26+,27-/m0/s1. The minimum Gasteiger partial charge on any atom is -0.384 e. The first-order valence-corrected chi connectivity index (χ1v) is 20.5. The van der Waals surface area contributed by atoms with E-state index in [-0.39, 0.29) is 42.2 Å². The number of benzene rings is 1. The molecular weight excluding hydrogens is 725 g/mol. The van der Waals surface area contributed by atoms with Crippen LogP contribution in [0, 0.1) is 5.92 Å². The fourth-order valence-electron chi connectivity index (χ4n) is 7.53. The molecule has 3 atom stereocenters. The number of ketones is 1. The largest absolute Gasteiger partial charge is 0.384 e. The van der Waals surface area contributed by atoms with E-state index >= 15 is 0 Å². The Hall–Kier alpha value is -3.87. The summed E-state index contributed by atoms with van der Waals surface area (Å²) in [6.45, 7) is 3.12. The lowest BCUT2D eigenvalue weighted by Gasteiger charge is -2.37. The highest BCUT2D eigenvalue weighted by Crippen LogP contribution is 2.35. The molecule has 0 spiro atoms. The van der Waals surface area contributed by atoms with E-state index in [9.17, 15) is 37.5 Å². The molecule has 3 fully saturated rings. The number of thioether (sulfide) groups is 1. The maximum atomic E-state index is 14.8. The van der Waals surface area contributed by atoms with Crippen LogP contribution in [-0.2, 0) is 34.8 Å². The molecule has 290 valence electrons. The van der Waals surface area contributed by atoms with Gasteiger partial charge in [-0.25, -0.2) is 17.4 Å². The maximum Gasteiger partial charge on any atom is 0.287 e. The summed E-state index contributed by atoms with van der Waals surface area (Å²) in [6, 6.07) is 2.63. The van der Waals surface area contributed by atoms with E-state index in [1.54, 1.807) is 25.6 Å². The topological polar surface area (TPSA) is 227 Å². The van der Waals surface area contributed by atoms with Crippen molar-refractivity contribution in [2.75, 3.05) is 32.1 Å². The molecule has 53 heavy (non-hydrogen) atoms. The van der Waals surface area contributed by atoms with Gasteiger partial charge in [0.1, 0.15) is 23.2 Å². The van der Waals surface area contributed by atoms with Crippen LogP contribution >= 0.6 is 11.8 Å². The Labute approximate surface area is 314 Å². The molecule has 1 aromatic heterocycles. The number of hydrogen-bond donors (Lipinski definition) is 4. The smallest absolute Gasteiger partial charge is 0.287 e. The first-order chi connectivity index (χ1) is 24.9. The van der Waals surface area contributed by atoms with Crippen molar-refractivity contribution >= 4 is 51.2 Å². The first kappa shape index (κ1) is 40.3. The summed E-state index contributed by atoms with van der Waals surface area (Å²) in [5.74, 6) is -2.65. The second-order valence-electron chi connectivity index (χ2n) is 15.0. The Kier molecular flexibility index (Phi) is 12.4. The van der Waals surface area contributed by atoms with Gasteiger partial charge in [-0.05, 0) is 74.8 Å². The Morgan fingerprint density at radius 1 is 1.08 bits per heavy atom. The number of amides is 4. The minimum atomic E-state index is -3.73. The van der Waals surface area contributed by atoms with Crippen molar-refractivity contribution in [3.05, 3.63) is 41.7 Å². The number of hydrogen-bond acceptors (Lipinski definition) is 11. The van der Waals surface area contributed by atoms with E-state index in [4.69, 9.17) is 5.73 Å². The minimum absolute atomic E-state index is 0.00790. The van der Waals surface area contributed by atoms with Crippen LogP contribution in [0.1, 0.15) is 93.7 Å². The van der Waals surface area contributed by atoms with Gasteiger partial charge in [-0.2, -0.15) is 11.8 Å². The summed E-state index contributed by atoms with van der Waals surface area (Å²) >= 11 is 1.59. The molecule has 18 heteroatoms. The van der Waals surface area contributed by atoms with Gasteiger partial charge >= 0.3 is 0 Å². The highest BCUT2D eigenvalue weighted by atomic mass is 32.2. The predicted octanol–water partition coefficient (Wildman–Crippen LogP) is 1.10. The van der Waals surface area contributed by atoms with Crippen LogP contribution < -0.4 is 16.4 Å². The van der Waals surface area contributed by atoms with Crippen molar-refractivity contribution in [3.63, 3.8) is 0 Å². The number of carbonyl (C=O) groups excluding carboxylic acids is 5. The fraction of sp³-hybridized carbons (Fsp3) is 0.629. The molecule has 1 aliphatic carbocycles. The van der Waals surface area contributed by atoms with Gasteiger partial charge in [0.15, 0.2) is 0 Å². The number of likely N-dealkylation sites (tertiary alicyclic amines) is 1. The molecule has 0 unspecified atom stereocenters. The number of aromatic nitrogens is 3. The molecule has 3 aliphatic rings. The van der Waals surface area contributed by atoms with Gasteiger partial charge in [-0.15, -0.1) is 5.10 Å². The van der Waals surface area contributed by atoms with Crippen molar-refractivity contribution in [2.45, 2.75) is 106 Å². The number of nitrogens with two attached hydrogens (primary N) is 1. The number of nitrogens with zero attached hydrogens (tertiary/aromatic N) is 5. The Balaban J connectivity index is 1.48. The van der Waals surface area contributed by atoms with Gasteiger partial charge in [0.25, 0.3) is 11.8 Å². The number of aliphatic hydroxyl groups is 1. The Bertz CT molecular complexity index is 1800. The molecule has 5 N–H and O–H groups in total. The molecule has 16 nitrogen and oxygen atoms in total. The summed E-state index contributed by atoms with van der Waals surface area (Å²) in [5, 5.41) is 24.8. The van der Waals surface area contributed by atoms with Crippen molar-refractivity contribution in [3.8, 4) is 0 Å².